The van der Waals surface area contributed by atoms with Gasteiger partial charge in [0.15, 0.2) is 0 Å². The maximum absolute atomic E-state index is 12.4. The number of nitrogens with zero attached hydrogens (tertiary/aromatic N) is 2. The summed E-state index contributed by atoms with van der Waals surface area (Å²) in [5.41, 5.74) is 0.966. The third-order valence-electron chi connectivity index (χ3n) is 5.44. The van der Waals surface area contributed by atoms with E-state index in [9.17, 15) is 4.79 Å². The summed E-state index contributed by atoms with van der Waals surface area (Å²) in [4.78, 5) is 20.3. The fourth-order valence-electron chi connectivity index (χ4n) is 3.85. The molecule has 2 heterocycles. The molecule has 5 heteroatoms. The van der Waals surface area contributed by atoms with Crippen LogP contribution in [0.3, 0.4) is 0 Å². The van der Waals surface area contributed by atoms with Crippen LogP contribution in [0, 0.1) is 5.41 Å². The summed E-state index contributed by atoms with van der Waals surface area (Å²) in [6, 6.07) is 10.7. The van der Waals surface area contributed by atoms with Crippen LogP contribution in [0.1, 0.15) is 58.6 Å². The molecule has 3 rings (SSSR count). The Bertz CT molecular complexity index is 613. The van der Waals surface area contributed by atoms with Crippen molar-refractivity contribution in [1.82, 2.24) is 9.96 Å². The molecule has 1 spiro atoms. The van der Waals surface area contributed by atoms with Gasteiger partial charge in [0.05, 0.1) is 12.6 Å². The number of hydroxylamine groups is 2. The summed E-state index contributed by atoms with van der Waals surface area (Å²) in [5, 5.41) is 2.12. The van der Waals surface area contributed by atoms with E-state index in [4.69, 9.17) is 9.57 Å². The molecule has 0 aliphatic carbocycles. The summed E-state index contributed by atoms with van der Waals surface area (Å²) >= 11 is 0. The van der Waals surface area contributed by atoms with Gasteiger partial charge in [0.25, 0.3) is 0 Å². The molecule has 2 fully saturated rings. The van der Waals surface area contributed by atoms with Gasteiger partial charge in [0.1, 0.15) is 5.60 Å². The first-order chi connectivity index (χ1) is 12.3. The Balaban J connectivity index is 1.59. The van der Waals surface area contributed by atoms with Gasteiger partial charge < -0.3 is 9.64 Å². The van der Waals surface area contributed by atoms with Crippen LogP contribution in [-0.2, 0) is 9.57 Å². The maximum atomic E-state index is 12.4. The van der Waals surface area contributed by atoms with Crippen molar-refractivity contribution in [1.29, 1.82) is 0 Å². The first-order valence-corrected chi connectivity index (χ1v) is 9.71. The monoisotopic (exact) mass is 360 g/mol. The van der Waals surface area contributed by atoms with Crippen LogP contribution in [0.15, 0.2) is 30.3 Å². The number of amides is 1. The van der Waals surface area contributed by atoms with Crippen molar-refractivity contribution in [2.24, 2.45) is 5.41 Å². The van der Waals surface area contributed by atoms with E-state index in [1.807, 2.05) is 31.7 Å². The van der Waals surface area contributed by atoms with Crippen LogP contribution in [0.5, 0.6) is 0 Å². The molecule has 0 aromatic heterocycles. The lowest BCUT2D eigenvalue weighted by molar-refractivity contribution is -0.138. The smallest absolute Gasteiger partial charge is 0.410 e. The number of hydrogen-bond acceptors (Lipinski definition) is 4. The molecule has 2 aliphatic rings. The average molecular weight is 360 g/mol. The van der Waals surface area contributed by atoms with E-state index in [2.05, 4.69) is 36.3 Å². The molecule has 1 amide bonds. The number of hydrogen-bond donors (Lipinski definition) is 0. The minimum absolute atomic E-state index is 0.139. The molecule has 0 radical (unpaired) electrons. The van der Waals surface area contributed by atoms with E-state index in [0.717, 1.165) is 45.5 Å². The van der Waals surface area contributed by atoms with Gasteiger partial charge in [-0.1, -0.05) is 30.3 Å². The molecule has 0 N–H and O–H groups in total. The highest BCUT2D eigenvalue weighted by Gasteiger charge is 2.43. The van der Waals surface area contributed by atoms with Gasteiger partial charge in [-0.15, -0.1) is 0 Å². The Labute approximate surface area is 157 Å². The molecule has 1 unspecified atom stereocenters. The van der Waals surface area contributed by atoms with Gasteiger partial charge in [0, 0.05) is 25.0 Å². The Kier molecular flexibility index (Phi) is 5.58. The van der Waals surface area contributed by atoms with Crippen LogP contribution in [-0.4, -0.2) is 47.9 Å². The number of rotatable bonds is 2. The molecule has 26 heavy (non-hydrogen) atoms. The molecule has 2 atom stereocenters. The van der Waals surface area contributed by atoms with Crippen molar-refractivity contribution in [3.8, 4) is 0 Å². The highest BCUT2D eigenvalue weighted by Crippen LogP contribution is 2.40. The highest BCUT2D eigenvalue weighted by molar-refractivity contribution is 5.68. The van der Waals surface area contributed by atoms with Crippen molar-refractivity contribution in [2.75, 3.05) is 26.2 Å². The van der Waals surface area contributed by atoms with E-state index in [1.54, 1.807) is 0 Å². The molecular formula is C21H32N2O3. The number of carbonyl (C=O) groups excluding carboxylic acids is 1. The summed E-state index contributed by atoms with van der Waals surface area (Å²) in [5.74, 6) is 0. The quantitative estimate of drug-likeness (QED) is 0.784. The standard InChI is InChI=1S/C21H32N2O3/c1-17(18-9-6-5-7-10-18)23-15-21(16-25-23)11-8-13-22(14-12-21)19(24)26-20(2,3)4/h5-7,9-10,17H,8,11-16H2,1-4H3/t17-,21?/m1/s1. The zero-order valence-corrected chi connectivity index (χ0v) is 16.5. The second kappa shape index (κ2) is 7.57. The van der Waals surface area contributed by atoms with E-state index in [-0.39, 0.29) is 17.6 Å². The Hall–Kier alpha value is -1.59. The topological polar surface area (TPSA) is 42.0 Å². The van der Waals surface area contributed by atoms with Crippen molar-refractivity contribution in [2.45, 2.75) is 58.6 Å². The lowest BCUT2D eigenvalue weighted by atomic mass is 9.82. The van der Waals surface area contributed by atoms with E-state index in [1.165, 1.54) is 5.56 Å². The SMILES string of the molecule is C[C@H](c1ccccc1)N1CC2(CCCN(C(=O)OC(C)(C)C)CC2)CO1. The molecule has 5 nitrogen and oxygen atoms in total. The maximum Gasteiger partial charge on any atom is 0.410 e. The summed E-state index contributed by atoms with van der Waals surface area (Å²) in [6.45, 7) is 11.1. The average Bonchev–Trinajstić information content (AvgIpc) is 2.88. The van der Waals surface area contributed by atoms with Crippen molar-refractivity contribution in [3.63, 3.8) is 0 Å². The number of ether oxygens (including phenoxy) is 1. The molecule has 2 aliphatic heterocycles. The first kappa shape index (κ1) is 19.2. The van der Waals surface area contributed by atoms with Gasteiger partial charge >= 0.3 is 6.09 Å². The zero-order chi connectivity index (χ0) is 18.8. The Morgan fingerprint density at radius 1 is 1.19 bits per heavy atom. The number of likely N-dealkylation sites (tertiary alicyclic amines) is 1. The molecular weight excluding hydrogens is 328 g/mol. The van der Waals surface area contributed by atoms with Gasteiger partial charge in [-0.25, -0.2) is 4.79 Å². The predicted octanol–water partition coefficient (Wildman–Crippen LogP) is 4.40. The van der Waals surface area contributed by atoms with Crippen molar-refractivity contribution in [3.05, 3.63) is 35.9 Å². The van der Waals surface area contributed by atoms with Gasteiger partial charge in [-0.05, 0) is 52.5 Å². The first-order valence-electron chi connectivity index (χ1n) is 9.71. The Morgan fingerprint density at radius 2 is 1.92 bits per heavy atom. The minimum atomic E-state index is -0.445. The van der Waals surface area contributed by atoms with Gasteiger partial charge in [0.2, 0.25) is 0 Å². The Morgan fingerprint density at radius 3 is 2.62 bits per heavy atom. The van der Waals surface area contributed by atoms with Crippen molar-refractivity contribution >= 4 is 6.09 Å². The molecule has 0 bridgehead atoms. The molecule has 0 saturated carbocycles. The number of carbonyl (C=O) groups is 1. The summed E-state index contributed by atoms with van der Waals surface area (Å²) in [7, 11) is 0. The predicted molar refractivity (Wildman–Crippen MR) is 102 cm³/mol. The van der Waals surface area contributed by atoms with E-state index < -0.39 is 5.60 Å². The lowest BCUT2D eigenvalue weighted by Crippen LogP contribution is -2.38. The second-order valence-electron chi connectivity index (χ2n) is 8.76. The zero-order valence-electron chi connectivity index (χ0n) is 16.5. The third-order valence-corrected chi connectivity index (χ3v) is 5.44. The van der Waals surface area contributed by atoms with Crippen LogP contribution < -0.4 is 0 Å². The van der Waals surface area contributed by atoms with E-state index in [0.29, 0.717) is 0 Å². The highest BCUT2D eigenvalue weighted by atomic mass is 16.7. The lowest BCUT2D eigenvalue weighted by Gasteiger charge is -2.28. The number of benzene rings is 1. The fraction of sp³-hybridized carbons (Fsp3) is 0.667. The van der Waals surface area contributed by atoms with Crippen LogP contribution in [0.2, 0.25) is 0 Å². The van der Waals surface area contributed by atoms with Gasteiger partial charge in [-0.2, -0.15) is 5.06 Å². The summed E-state index contributed by atoms with van der Waals surface area (Å²) in [6.07, 6.45) is 2.85. The normalized spacial score (nSPS) is 25.9. The minimum Gasteiger partial charge on any atom is -0.444 e. The molecule has 144 valence electrons. The van der Waals surface area contributed by atoms with Crippen LogP contribution >= 0.6 is 0 Å². The second-order valence-corrected chi connectivity index (χ2v) is 8.76. The molecule has 1 aromatic rings. The van der Waals surface area contributed by atoms with Crippen LogP contribution in [0.25, 0.3) is 0 Å². The van der Waals surface area contributed by atoms with E-state index >= 15 is 0 Å². The largest absolute Gasteiger partial charge is 0.444 e. The fourth-order valence-corrected chi connectivity index (χ4v) is 3.85. The molecule has 2 saturated heterocycles. The van der Waals surface area contributed by atoms with Crippen molar-refractivity contribution < 1.29 is 14.4 Å². The molecule has 1 aromatic carbocycles. The van der Waals surface area contributed by atoms with Gasteiger partial charge in [-0.3, -0.25) is 4.84 Å². The summed E-state index contributed by atoms with van der Waals surface area (Å²) < 4.78 is 5.55. The third kappa shape index (κ3) is 4.57. The van der Waals surface area contributed by atoms with Crippen LogP contribution in [0.4, 0.5) is 4.79 Å².